The molecule has 3 fully saturated rings. The Morgan fingerprint density at radius 1 is 0.897 bits per heavy atom. The minimum absolute atomic E-state index is 0.219. The summed E-state index contributed by atoms with van der Waals surface area (Å²) in [4.78, 5) is 35.1. The SMILES string of the molecule is O=C(Nc1ccncc1)Nc1ccc(-c2nc(OCCN3CCCCC3)nc(N3CC4CCC(C3)O4)n2)cc1. The molecule has 2 unspecified atom stereocenters. The second-order valence-electron chi connectivity index (χ2n) is 10.2. The third kappa shape index (κ3) is 6.61. The number of nitrogens with zero attached hydrogens (tertiary/aromatic N) is 6. The maximum absolute atomic E-state index is 12.4. The fourth-order valence-corrected chi connectivity index (χ4v) is 5.34. The molecule has 11 heteroatoms. The predicted octanol–water partition coefficient (Wildman–Crippen LogP) is 3.81. The van der Waals surface area contributed by atoms with Crippen LogP contribution in [0.15, 0.2) is 48.8 Å². The van der Waals surface area contributed by atoms with Crippen LogP contribution in [0.25, 0.3) is 11.4 Å². The monoisotopic (exact) mass is 530 g/mol. The van der Waals surface area contributed by atoms with E-state index in [1.54, 1.807) is 24.5 Å². The highest BCUT2D eigenvalue weighted by Gasteiger charge is 2.35. The molecular formula is C28H34N8O3. The Hall–Kier alpha value is -3.83. The normalized spacial score (nSPS) is 21.0. The summed E-state index contributed by atoms with van der Waals surface area (Å²) in [6.07, 6.45) is 9.63. The first-order valence-corrected chi connectivity index (χ1v) is 13.8. The molecule has 204 valence electrons. The van der Waals surface area contributed by atoms with Gasteiger partial charge in [0.25, 0.3) is 0 Å². The number of carbonyl (C=O) groups excluding carboxylic acids is 1. The molecule has 0 spiro atoms. The quantitative estimate of drug-likeness (QED) is 0.448. The fraction of sp³-hybridized carbons (Fsp3) is 0.464. The van der Waals surface area contributed by atoms with Crippen LogP contribution in [0.1, 0.15) is 32.1 Å². The number of morpholine rings is 1. The lowest BCUT2D eigenvalue weighted by Gasteiger charge is -2.32. The van der Waals surface area contributed by atoms with Crippen molar-refractivity contribution >= 4 is 23.4 Å². The number of benzene rings is 1. The van der Waals surface area contributed by atoms with Crippen molar-refractivity contribution in [1.29, 1.82) is 0 Å². The standard InChI is InChI=1S/C28H34N8O3/c37-27(31-22-10-12-29-13-11-22)30-21-6-4-20(5-7-21)25-32-26(36-18-23-8-9-24(19-36)39-23)34-28(33-25)38-17-16-35-14-2-1-3-15-35/h4-7,10-13,23-24H,1-3,8-9,14-19H2,(H2,29,30,31,37). The van der Waals surface area contributed by atoms with E-state index in [1.807, 2.05) is 24.3 Å². The number of piperidine rings is 1. The van der Waals surface area contributed by atoms with E-state index < -0.39 is 0 Å². The summed E-state index contributed by atoms with van der Waals surface area (Å²) < 4.78 is 12.1. The highest BCUT2D eigenvalue weighted by Crippen LogP contribution is 2.30. The van der Waals surface area contributed by atoms with Gasteiger partial charge >= 0.3 is 12.0 Å². The van der Waals surface area contributed by atoms with E-state index in [0.717, 1.165) is 51.1 Å². The molecule has 1 aromatic carbocycles. The van der Waals surface area contributed by atoms with Crippen LogP contribution in [-0.4, -0.2) is 82.4 Å². The molecule has 3 aromatic rings. The molecule has 3 saturated heterocycles. The summed E-state index contributed by atoms with van der Waals surface area (Å²) in [6.45, 7) is 5.17. The van der Waals surface area contributed by atoms with Crippen molar-refractivity contribution in [2.75, 3.05) is 54.9 Å². The second-order valence-corrected chi connectivity index (χ2v) is 10.2. The van der Waals surface area contributed by atoms with Crippen LogP contribution in [0.5, 0.6) is 6.01 Å². The van der Waals surface area contributed by atoms with Crippen LogP contribution in [0.4, 0.5) is 22.1 Å². The maximum Gasteiger partial charge on any atom is 0.323 e. The van der Waals surface area contributed by atoms with E-state index in [2.05, 4.69) is 30.4 Å². The van der Waals surface area contributed by atoms with E-state index in [4.69, 9.17) is 19.4 Å². The zero-order valence-corrected chi connectivity index (χ0v) is 22.0. The van der Waals surface area contributed by atoms with Gasteiger partial charge in [-0.2, -0.15) is 15.0 Å². The summed E-state index contributed by atoms with van der Waals surface area (Å²) in [5.41, 5.74) is 2.14. The topological polar surface area (TPSA) is 118 Å². The van der Waals surface area contributed by atoms with Gasteiger partial charge in [0.2, 0.25) is 5.95 Å². The number of likely N-dealkylation sites (tertiary alicyclic amines) is 1. The number of fused-ring (bicyclic) bond motifs is 2. The molecule has 6 rings (SSSR count). The Kier molecular flexibility index (Phi) is 7.78. The van der Waals surface area contributed by atoms with Gasteiger partial charge in [0.05, 0.1) is 12.2 Å². The van der Waals surface area contributed by atoms with E-state index in [1.165, 1.54) is 19.3 Å². The zero-order chi connectivity index (χ0) is 26.4. The van der Waals surface area contributed by atoms with Crippen molar-refractivity contribution < 1.29 is 14.3 Å². The van der Waals surface area contributed by atoms with E-state index in [-0.39, 0.29) is 18.2 Å². The van der Waals surface area contributed by atoms with Gasteiger partial charge in [-0.25, -0.2) is 4.79 Å². The summed E-state index contributed by atoms with van der Waals surface area (Å²) >= 11 is 0. The van der Waals surface area contributed by atoms with Crippen molar-refractivity contribution in [3.63, 3.8) is 0 Å². The minimum Gasteiger partial charge on any atom is -0.462 e. The number of hydrogen-bond acceptors (Lipinski definition) is 9. The van der Waals surface area contributed by atoms with E-state index in [9.17, 15) is 4.79 Å². The summed E-state index contributed by atoms with van der Waals surface area (Å²) in [5.74, 6) is 1.16. The van der Waals surface area contributed by atoms with Crippen LogP contribution < -0.4 is 20.3 Å². The van der Waals surface area contributed by atoms with Gasteiger partial charge in [-0.15, -0.1) is 0 Å². The molecule has 2 atom stereocenters. The first-order chi connectivity index (χ1) is 19.2. The average Bonchev–Trinajstić information content (AvgIpc) is 3.31. The molecule has 3 aliphatic rings. The van der Waals surface area contributed by atoms with Gasteiger partial charge in [-0.05, 0) is 75.2 Å². The lowest BCUT2D eigenvalue weighted by atomic mass is 10.1. The predicted molar refractivity (Wildman–Crippen MR) is 148 cm³/mol. The molecule has 2 bridgehead atoms. The van der Waals surface area contributed by atoms with Crippen molar-refractivity contribution in [1.82, 2.24) is 24.8 Å². The first-order valence-electron chi connectivity index (χ1n) is 13.8. The molecular weight excluding hydrogens is 496 g/mol. The molecule has 5 heterocycles. The number of anilines is 3. The fourth-order valence-electron chi connectivity index (χ4n) is 5.34. The second kappa shape index (κ2) is 11.9. The van der Waals surface area contributed by atoms with Crippen molar-refractivity contribution in [3.05, 3.63) is 48.8 Å². The van der Waals surface area contributed by atoms with Gasteiger partial charge in [0.15, 0.2) is 5.82 Å². The summed E-state index contributed by atoms with van der Waals surface area (Å²) in [5, 5.41) is 5.63. The number of urea groups is 1. The Balaban J connectivity index is 1.17. The summed E-state index contributed by atoms with van der Waals surface area (Å²) in [6, 6.07) is 10.9. The van der Waals surface area contributed by atoms with Crippen molar-refractivity contribution in [3.8, 4) is 17.4 Å². The minimum atomic E-state index is -0.331. The van der Waals surface area contributed by atoms with Crippen LogP contribution in [0, 0.1) is 0 Å². The van der Waals surface area contributed by atoms with Gasteiger partial charge < -0.3 is 25.0 Å². The van der Waals surface area contributed by atoms with Crippen LogP contribution in [0.3, 0.4) is 0 Å². The number of nitrogens with one attached hydrogen (secondary N) is 2. The largest absolute Gasteiger partial charge is 0.462 e. The Bertz CT molecular complexity index is 1240. The van der Waals surface area contributed by atoms with Crippen molar-refractivity contribution in [2.24, 2.45) is 0 Å². The zero-order valence-electron chi connectivity index (χ0n) is 22.0. The number of carbonyl (C=O) groups is 1. The van der Waals surface area contributed by atoms with Gasteiger partial charge in [0.1, 0.15) is 6.61 Å². The molecule has 0 radical (unpaired) electrons. The van der Waals surface area contributed by atoms with E-state index in [0.29, 0.717) is 35.8 Å². The number of ether oxygens (including phenoxy) is 2. The molecule has 2 N–H and O–H groups in total. The van der Waals surface area contributed by atoms with Gasteiger partial charge in [0, 0.05) is 49.0 Å². The lowest BCUT2D eigenvalue weighted by Crippen LogP contribution is -2.43. The average molecular weight is 531 g/mol. The van der Waals surface area contributed by atoms with Crippen LogP contribution in [0.2, 0.25) is 0 Å². The molecule has 0 saturated carbocycles. The molecule has 2 amide bonds. The molecule has 11 nitrogen and oxygen atoms in total. The molecule has 0 aliphatic carbocycles. The molecule has 3 aliphatic heterocycles. The third-order valence-corrected chi connectivity index (χ3v) is 7.36. The molecule has 2 aromatic heterocycles. The Morgan fingerprint density at radius 3 is 2.31 bits per heavy atom. The number of rotatable bonds is 8. The van der Waals surface area contributed by atoms with Gasteiger partial charge in [-0.1, -0.05) is 6.42 Å². The molecule has 39 heavy (non-hydrogen) atoms. The number of pyridine rings is 1. The smallest absolute Gasteiger partial charge is 0.323 e. The highest BCUT2D eigenvalue weighted by molar-refractivity contribution is 5.99. The summed E-state index contributed by atoms with van der Waals surface area (Å²) in [7, 11) is 0. The number of hydrogen-bond donors (Lipinski definition) is 2. The van der Waals surface area contributed by atoms with E-state index >= 15 is 0 Å². The number of amides is 2. The van der Waals surface area contributed by atoms with Crippen molar-refractivity contribution in [2.45, 2.75) is 44.3 Å². The highest BCUT2D eigenvalue weighted by atomic mass is 16.5. The Labute approximate surface area is 228 Å². The Morgan fingerprint density at radius 2 is 1.59 bits per heavy atom. The lowest BCUT2D eigenvalue weighted by molar-refractivity contribution is 0.0298. The van der Waals surface area contributed by atoms with Crippen LogP contribution >= 0.6 is 0 Å². The first kappa shape index (κ1) is 25.4. The van der Waals surface area contributed by atoms with Gasteiger partial charge in [-0.3, -0.25) is 9.88 Å². The maximum atomic E-state index is 12.4. The van der Waals surface area contributed by atoms with Crippen LogP contribution in [-0.2, 0) is 4.74 Å². The third-order valence-electron chi connectivity index (χ3n) is 7.36. The number of aromatic nitrogens is 4.